The Hall–Kier alpha value is -3.66. The van der Waals surface area contributed by atoms with E-state index in [1.165, 1.54) is 9.58 Å². The quantitative estimate of drug-likeness (QED) is 0.671. The normalized spacial score (nSPS) is 10.0. The number of amides is 1. The van der Waals surface area contributed by atoms with E-state index in [9.17, 15) is 4.79 Å². The largest absolute Gasteiger partial charge is 0.444 e. The first-order chi connectivity index (χ1) is 12.3. The number of benzene rings is 2. The molecule has 0 spiro atoms. The molecule has 124 valence electrons. The molecule has 0 saturated carbocycles. The minimum atomic E-state index is -0.617. The molecule has 7 heteroatoms. The highest BCUT2D eigenvalue weighted by Gasteiger charge is 2.23. The maximum absolute atomic E-state index is 12.5. The van der Waals surface area contributed by atoms with E-state index in [1.807, 2.05) is 60.7 Å². The SMILES string of the molecule is C#CCN(C(=O)OCc1ccccc1)c1nnnn1-c1ccccc1. The van der Waals surface area contributed by atoms with Gasteiger partial charge in [0.2, 0.25) is 0 Å². The highest BCUT2D eigenvalue weighted by Crippen LogP contribution is 2.16. The standard InChI is InChI=1S/C18H15N5O2/c1-2-13-22(18(24)25-14-15-9-5-3-6-10-15)17-19-20-21-23(17)16-11-7-4-8-12-16/h1,3-12H,13-14H2. The highest BCUT2D eigenvalue weighted by atomic mass is 16.6. The monoisotopic (exact) mass is 333 g/mol. The molecule has 25 heavy (non-hydrogen) atoms. The zero-order chi connectivity index (χ0) is 17.5. The first kappa shape index (κ1) is 16.2. The van der Waals surface area contributed by atoms with Crippen molar-refractivity contribution in [2.75, 3.05) is 11.4 Å². The predicted octanol–water partition coefficient (Wildman–Crippen LogP) is 2.44. The highest BCUT2D eigenvalue weighted by molar-refractivity contribution is 5.86. The molecule has 0 atom stereocenters. The number of anilines is 1. The van der Waals surface area contributed by atoms with Gasteiger partial charge >= 0.3 is 6.09 Å². The summed E-state index contributed by atoms with van der Waals surface area (Å²) in [6.45, 7) is 0.120. The summed E-state index contributed by atoms with van der Waals surface area (Å²) in [5.41, 5.74) is 1.58. The summed E-state index contributed by atoms with van der Waals surface area (Å²) in [6, 6.07) is 18.6. The molecule has 0 radical (unpaired) electrons. The molecular weight excluding hydrogens is 318 g/mol. The third-order valence-electron chi connectivity index (χ3n) is 3.37. The number of carbonyl (C=O) groups excluding carboxylic acids is 1. The van der Waals surface area contributed by atoms with Crippen LogP contribution < -0.4 is 4.90 Å². The molecule has 0 fully saturated rings. The third-order valence-corrected chi connectivity index (χ3v) is 3.37. The van der Waals surface area contributed by atoms with Gasteiger partial charge in [-0.2, -0.15) is 4.68 Å². The van der Waals surface area contributed by atoms with Crippen molar-refractivity contribution < 1.29 is 9.53 Å². The summed E-state index contributed by atoms with van der Waals surface area (Å²) in [4.78, 5) is 13.7. The van der Waals surface area contributed by atoms with Crippen molar-refractivity contribution in [1.29, 1.82) is 0 Å². The molecule has 3 aromatic rings. The second-order valence-corrected chi connectivity index (χ2v) is 5.06. The number of nitrogens with zero attached hydrogens (tertiary/aromatic N) is 5. The average molecular weight is 333 g/mol. The fourth-order valence-electron chi connectivity index (χ4n) is 2.19. The van der Waals surface area contributed by atoms with Crippen molar-refractivity contribution >= 4 is 12.0 Å². The van der Waals surface area contributed by atoms with Gasteiger partial charge in [0.25, 0.3) is 5.95 Å². The minimum absolute atomic E-state index is 0.0131. The van der Waals surface area contributed by atoms with Crippen LogP contribution in [-0.4, -0.2) is 32.8 Å². The van der Waals surface area contributed by atoms with Crippen molar-refractivity contribution in [1.82, 2.24) is 20.2 Å². The summed E-state index contributed by atoms with van der Waals surface area (Å²) in [6.07, 6.45) is 4.78. The third kappa shape index (κ3) is 3.82. The number of terminal acetylenes is 1. The zero-order valence-corrected chi connectivity index (χ0v) is 13.3. The van der Waals surface area contributed by atoms with Crippen LogP contribution in [0.25, 0.3) is 5.69 Å². The van der Waals surface area contributed by atoms with Crippen LogP contribution >= 0.6 is 0 Å². The van der Waals surface area contributed by atoms with Gasteiger partial charge in [0, 0.05) is 0 Å². The van der Waals surface area contributed by atoms with Gasteiger partial charge in [-0.05, 0) is 28.1 Å². The molecule has 0 aliphatic heterocycles. The molecule has 2 aromatic carbocycles. The van der Waals surface area contributed by atoms with Gasteiger partial charge in [0.15, 0.2) is 0 Å². The van der Waals surface area contributed by atoms with Crippen molar-refractivity contribution in [3.63, 3.8) is 0 Å². The average Bonchev–Trinajstić information content (AvgIpc) is 3.15. The Labute approximate surface area is 144 Å². The number of rotatable bonds is 5. The summed E-state index contributed by atoms with van der Waals surface area (Å²) >= 11 is 0. The van der Waals surface area contributed by atoms with Crippen molar-refractivity contribution in [3.8, 4) is 18.0 Å². The molecule has 0 unspecified atom stereocenters. The Morgan fingerprint density at radius 2 is 1.80 bits per heavy atom. The lowest BCUT2D eigenvalue weighted by molar-refractivity contribution is 0.147. The van der Waals surface area contributed by atoms with Gasteiger partial charge < -0.3 is 4.74 Å². The molecule has 7 nitrogen and oxygen atoms in total. The lowest BCUT2D eigenvalue weighted by Gasteiger charge is -2.18. The van der Waals surface area contributed by atoms with Crippen molar-refractivity contribution in [2.24, 2.45) is 0 Å². The van der Waals surface area contributed by atoms with E-state index in [-0.39, 0.29) is 19.1 Å². The Bertz CT molecular complexity index is 871. The Morgan fingerprint density at radius 3 is 2.48 bits per heavy atom. The minimum Gasteiger partial charge on any atom is -0.444 e. The van der Waals surface area contributed by atoms with Crippen molar-refractivity contribution in [2.45, 2.75) is 6.61 Å². The van der Waals surface area contributed by atoms with Gasteiger partial charge in [-0.25, -0.2) is 9.69 Å². The summed E-state index contributed by atoms with van der Waals surface area (Å²) in [5.74, 6) is 2.63. The lowest BCUT2D eigenvalue weighted by atomic mass is 10.2. The first-order valence-electron chi connectivity index (χ1n) is 7.55. The van der Waals surface area contributed by atoms with Crippen LogP contribution in [0.15, 0.2) is 60.7 Å². The summed E-state index contributed by atoms with van der Waals surface area (Å²) in [5, 5.41) is 11.5. The number of ether oxygens (including phenoxy) is 1. The predicted molar refractivity (Wildman–Crippen MR) is 92.0 cm³/mol. The number of aromatic nitrogens is 4. The fourth-order valence-corrected chi connectivity index (χ4v) is 2.19. The smallest absolute Gasteiger partial charge is 0.417 e. The number of hydrogen-bond acceptors (Lipinski definition) is 5. The van der Waals surface area contributed by atoms with Gasteiger partial charge in [0.1, 0.15) is 6.61 Å². The first-order valence-corrected chi connectivity index (χ1v) is 7.55. The maximum atomic E-state index is 12.5. The van der Waals surface area contributed by atoms with E-state index < -0.39 is 6.09 Å². The molecule has 0 aliphatic carbocycles. The Kier molecular flexibility index (Phi) is 5.02. The summed E-state index contributed by atoms with van der Waals surface area (Å²) in [7, 11) is 0. The van der Waals surface area contributed by atoms with E-state index in [0.717, 1.165) is 5.56 Å². The van der Waals surface area contributed by atoms with Crippen molar-refractivity contribution in [3.05, 3.63) is 66.2 Å². The maximum Gasteiger partial charge on any atom is 0.417 e. The number of carbonyl (C=O) groups is 1. The Morgan fingerprint density at radius 1 is 1.12 bits per heavy atom. The molecule has 1 heterocycles. The van der Waals surface area contributed by atoms with Gasteiger partial charge in [-0.1, -0.05) is 59.6 Å². The fraction of sp³-hybridized carbons (Fsp3) is 0.111. The van der Waals surface area contributed by atoms with E-state index >= 15 is 0 Å². The van der Waals surface area contributed by atoms with Crippen LogP contribution in [0.1, 0.15) is 5.56 Å². The second-order valence-electron chi connectivity index (χ2n) is 5.06. The molecule has 0 aliphatic rings. The lowest BCUT2D eigenvalue weighted by Crippen LogP contribution is -2.34. The molecule has 0 bridgehead atoms. The topological polar surface area (TPSA) is 73.1 Å². The van der Waals surface area contributed by atoms with E-state index in [2.05, 4.69) is 21.4 Å². The molecule has 0 N–H and O–H groups in total. The molecule has 1 amide bonds. The number of hydrogen-bond donors (Lipinski definition) is 0. The van der Waals surface area contributed by atoms with Crippen LogP contribution in [0.3, 0.4) is 0 Å². The Balaban J connectivity index is 1.81. The molecule has 1 aromatic heterocycles. The van der Waals surface area contributed by atoms with Crippen LogP contribution in [0.4, 0.5) is 10.7 Å². The molecular formula is C18H15N5O2. The van der Waals surface area contributed by atoms with Crippen LogP contribution in [0.5, 0.6) is 0 Å². The van der Waals surface area contributed by atoms with E-state index in [4.69, 9.17) is 11.2 Å². The van der Waals surface area contributed by atoms with E-state index in [0.29, 0.717) is 5.69 Å². The second kappa shape index (κ2) is 7.75. The van der Waals surface area contributed by atoms with Gasteiger partial charge in [0.05, 0.1) is 12.2 Å². The van der Waals surface area contributed by atoms with Crippen LogP contribution in [0, 0.1) is 12.3 Å². The van der Waals surface area contributed by atoms with Crippen LogP contribution in [0.2, 0.25) is 0 Å². The van der Waals surface area contributed by atoms with Gasteiger partial charge in [-0.3, -0.25) is 0 Å². The number of para-hydroxylation sites is 1. The van der Waals surface area contributed by atoms with Gasteiger partial charge in [-0.15, -0.1) is 6.42 Å². The molecule has 0 saturated heterocycles. The molecule has 3 rings (SSSR count). The zero-order valence-electron chi connectivity index (χ0n) is 13.3. The summed E-state index contributed by atoms with van der Waals surface area (Å²) < 4.78 is 6.77. The van der Waals surface area contributed by atoms with Crippen LogP contribution in [-0.2, 0) is 11.3 Å². The van der Waals surface area contributed by atoms with E-state index in [1.54, 1.807) is 0 Å². The number of tetrazole rings is 1.